The van der Waals surface area contributed by atoms with Crippen molar-refractivity contribution < 1.29 is 9.52 Å². The Labute approximate surface area is 121 Å². The van der Waals surface area contributed by atoms with Crippen LogP contribution in [-0.4, -0.2) is 29.3 Å². The van der Waals surface area contributed by atoms with Crippen LogP contribution >= 0.6 is 0 Å². The van der Waals surface area contributed by atoms with E-state index in [0.29, 0.717) is 6.42 Å². The molecule has 2 rings (SSSR count). The summed E-state index contributed by atoms with van der Waals surface area (Å²) in [7, 11) is 0. The molecule has 0 spiro atoms. The summed E-state index contributed by atoms with van der Waals surface area (Å²) in [5.74, 6) is 1.05. The Morgan fingerprint density at radius 1 is 1.20 bits per heavy atom. The molecule has 1 atom stereocenters. The summed E-state index contributed by atoms with van der Waals surface area (Å²) in [4.78, 5) is 2.05. The van der Waals surface area contributed by atoms with Gasteiger partial charge in [0.05, 0.1) is 0 Å². The van der Waals surface area contributed by atoms with Gasteiger partial charge in [0.2, 0.25) is 0 Å². The van der Waals surface area contributed by atoms with Gasteiger partial charge in [-0.1, -0.05) is 39.0 Å². The second-order valence-electron chi connectivity index (χ2n) is 5.20. The van der Waals surface area contributed by atoms with Gasteiger partial charge in [0.1, 0.15) is 17.6 Å². The lowest BCUT2D eigenvalue weighted by molar-refractivity contribution is 0.0116. The molecule has 0 saturated heterocycles. The SMILES string of the molecule is CCc1oc2c(CC(O)N(CC)CC)cccc2c1C. The zero-order valence-electron chi connectivity index (χ0n) is 12.9. The summed E-state index contributed by atoms with van der Waals surface area (Å²) in [5, 5.41) is 11.5. The number of likely N-dealkylation sites (N-methyl/N-ethyl adjacent to an activating group) is 1. The van der Waals surface area contributed by atoms with E-state index in [-0.39, 0.29) is 0 Å². The molecule has 0 aliphatic heterocycles. The van der Waals surface area contributed by atoms with Crippen molar-refractivity contribution in [1.82, 2.24) is 4.90 Å². The molecule has 3 nitrogen and oxygen atoms in total. The number of hydrogen-bond acceptors (Lipinski definition) is 3. The number of para-hydroxylation sites is 1. The van der Waals surface area contributed by atoms with Crippen LogP contribution in [0.15, 0.2) is 22.6 Å². The molecule has 1 N–H and O–H groups in total. The third kappa shape index (κ3) is 2.74. The third-order valence-electron chi connectivity index (χ3n) is 4.10. The first kappa shape index (κ1) is 15.1. The lowest BCUT2D eigenvalue weighted by atomic mass is 10.0. The first-order valence-electron chi connectivity index (χ1n) is 7.54. The van der Waals surface area contributed by atoms with E-state index >= 15 is 0 Å². The van der Waals surface area contributed by atoms with Gasteiger partial charge in [0, 0.05) is 18.2 Å². The second-order valence-corrected chi connectivity index (χ2v) is 5.20. The van der Waals surface area contributed by atoms with Gasteiger partial charge in [-0.05, 0) is 31.1 Å². The minimum Gasteiger partial charge on any atom is -0.461 e. The highest BCUT2D eigenvalue weighted by Crippen LogP contribution is 2.29. The Bertz CT molecular complexity index is 570. The van der Waals surface area contributed by atoms with Crippen molar-refractivity contribution in [3.05, 3.63) is 35.1 Å². The van der Waals surface area contributed by atoms with Gasteiger partial charge in [0.25, 0.3) is 0 Å². The maximum Gasteiger partial charge on any atom is 0.137 e. The van der Waals surface area contributed by atoms with E-state index in [1.54, 1.807) is 0 Å². The molecule has 0 aliphatic carbocycles. The molecule has 0 radical (unpaired) electrons. The zero-order valence-corrected chi connectivity index (χ0v) is 12.9. The highest BCUT2D eigenvalue weighted by molar-refractivity contribution is 5.84. The Kier molecular flexibility index (Phi) is 4.84. The quantitative estimate of drug-likeness (QED) is 0.820. The number of hydrogen-bond donors (Lipinski definition) is 1. The van der Waals surface area contributed by atoms with Crippen LogP contribution in [0.25, 0.3) is 11.0 Å². The summed E-state index contributed by atoms with van der Waals surface area (Å²) in [6.45, 7) is 10.1. The van der Waals surface area contributed by atoms with E-state index in [0.717, 1.165) is 36.4 Å². The van der Waals surface area contributed by atoms with Crippen molar-refractivity contribution in [3.8, 4) is 0 Å². The molecule has 1 unspecified atom stereocenters. The maximum atomic E-state index is 10.3. The van der Waals surface area contributed by atoms with E-state index in [2.05, 4.69) is 50.8 Å². The topological polar surface area (TPSA) is 36.6 Å². The van der Waals surface area contributed by atoms with Crippen LogP contribution in [-0.2, 0) is 12.8 Å². The van der Waals surface area contributed by atoms with Crippen molar-refractivity contribution in [2.75, 3.05) is 13.1 Å². The largest absolute Gasteiger partial charge is 0.461 e. The predicted molar refractivity (Wildman–Crippen MR) is 83.0 cm³/mol. The van der Waals surface area contributed by atoms with Gasteiger partial charge in [-0.3, -0.25) is 4.90 Å². The smallest absolute Gasteiger partial charge is 0.137 e. The molecule has 3 heteroatoms. The number of fused-ring (bicyclic) bond motifs is 1. The van der Waals surface area contributed by atoms with Gasteiger partial charge in [-0.2, -0.15) is 0 Å². The lowest BCUT2D eigenvalue weighted by Crippen LogP contribution is -2.36. The molecule has 0 aliphatic rings. The van der Waals surface area contributed by atoms with Crippen LogP contribution in [0.4, 0.5) is 0 Å². The summed E-state index contributed by atoms with van der Waals surface area (Å²) in [5.41, 5.74) is 3.25. The Hall–Kier alpha value is -1.32. The first-order valence-corrected chi connectivity index (χ1v) is 7.54. The summed E-state index contributed by atoms with van der Waals surface area (Å²) >= 11 is 0. The molecule has 1 aromatic carbocycles. The average Bonchev–Trinajstić information content (AvgIpc) is 2.78. The summed E-state index contributed by atoms with van der Waals surface area (Å²) < 4.78 is 6.00. The van der Waals surface area contributed by atoms with Gasteiger partial charge < -0.3 is 9.52 Å². The first-order chi connectivity index (χ1) is 9.62. The van der Waals surface area contributed by atoms with Gasteiger partial charge in [-0.25, -0.2) is 0 Å². The molecule has 0 saturated carbocycles. The number of aliphatic hydroxyl groups excluding tert-OH is 1. The fourth-order valence-electron chi connectivity index (χ4n) is 2.82. The lowest BCUT2D eigenvalue weighted by Gasteiger charge is -2.24. The van der Waals surface area contributed by atoms with E-state index < -0.39 is 6.23 Å². The Morgan fingerprint density at radius 2 is 1.90 bits per heavy atom. The number of aliphatic hydroxyl groups is 1. The Morgan fingerprint density at radius 3 is 2.50 bits per heavy atom. The van der Waals surface area contributed by atoms with E-state index in [9.17, 15) is 5.11 Å². The maximum absolute atomic E-state index is 10.3. The molecular formula is C17H25NO2. The van der Waals surface area contributed by atoms with Crippen molar-refractivity contribution in [2.45, 2.75) is 46.8 Å². The number of nitrogens with zero attached hydrogens (tertiary/aromatic N) is 1. The van der Waals surface area contributed by atoms with Crippen molar-refractivity contribution in [2.24, 2.45) is 0 Å². The summed E-state index contributed by atoms with van der Waals surface area (Å²) in [6.07, 6.45) is 1.05. The molecule has 1 aromatic heterocycles. The van der Waals surface area contributed by atoms with Crippen LogP contribution in [0, 0.1) is 6.92 Å². The van der Waals surface area contributed by atoms with Crippen LogP contribution < -0.4 is 0 Å². The molecule has 110 valence electrons. The monoisotopic (exact) mass is 275 g/mol. The third-order valence-corrected chi connectivity index (χ3v) is 4.10. The van der Waals surface area contributed by atoms with Crippen LogP contribution in [0.1, 0.15) is 37.7 Å². The number of rotatable bonds is 6. The fourth-order valence-corrected chi connectivity index (χ4v) is 2.82. The molecule has 0 bridgehead atoms. The Balaban J connectivity index is 2.35. The molecule has 1 heterocycles. The standard InChI is InChI=1S/C17H25NO2/c1-5-15-12(4)14-10-8-9-13(17(14)20-15)11-16(19)18(6-2)7-3/h8-10,16,19H,5-7,11H2,1-4H3. The number of furan rings is 1. The molecular weight excluding hydrogens is 250 g/mol. The van der Waals surface area contributed by atoms with Crippen molar-refractivity contribution in [1.29, 1.82) is 0 Å². The second kappa shape index (κ2) is 6.42. The molecule has 0 amide bonds. The summed E-state index contributed by atoms with van der Waals surface area (Å²) in [6, 6.07) is 6.20. The van der Waals surface area contributed by atoms with Gasteiger partial charge >= 0.3 is 0 Å². The number of benzene rings is 1. The molecule has 2 aromatic rings. The predicted octanol–water partition coefficient (Wildman–Crippen LogP) is 3.51. The van der Waals surface area contributed by atoms with Crippen LogP contribution in [0.5, 0.6) is 0 Å². The normalized spacial score (nSPS) is 13.3. The van der Waals surface area contributed by atoms with E-state index in [4.69, 9.17) is 4.42 Å². The average molecular weight is 275 g/mol. The highest BCUT2D eigenvalue weighted by atomic mass is 16.3. The van der Waals surface area contributed by atoms with Gasteiger partial charge in [-0.15, -0.1) is 0 Å². The highest BCUT2D eigenvalue weighted by Gasteiger charge is 2.17. The van der Waals surface area contributed by atoms with Crippen LogP contribution in [0.3, 0.4) is 0 Å². The van der Waals surface area contributed by atoms with Gasteiger partial charge in [0.15, 0.2) is 0 Å². The molecule has 0 fully saturated rings. The fraction of sp³-hybridized carbons (Fsp3) is 0.529. The zero-order chi connectivity index (χ0) is 14.7. The van der Waals surface area contributed by atoms with E-state index in [1.165, 1.54) is 10.9 Å². The van der Waals surface area contributed by atoms with Crippen LogP contribution in [0.2, 0.25) is 0 Å². The molecule has 20 heavy (non-hydrogen) atoms. The number of aryl methyl sites for hydroxylation is 2. The van der Waals surface area contributed by atoms with E-state index in [1.807, 2.05) is 0 Å². The minimum atomic E-state index is -0.453. The van der Waals surface area contributed by atoms with Crippen molar-refractivity contribution in [3.63, 3.8) is 0 Å². The van der Waals surface area contributed by atoms with Crippen molar-refractivity contribution >= 4 is 11.0 Å². The minimum absolute atomic E-state index is 0.453.